The second-order valence-electron chi connectivity index (χ2n) is 3.14. The third kappa shape index (κ3) is 2.99. The van der Waals surface area contributed by atoms with Gasteiger partial charge in [0.15, 0.2) is 0 Å². The van der Waals surface area contributed by atoms with Crippen LogP contribution in [0, 0.1) is 0 Å². The van der Waals surface area contributed by atoms with Crippen LogP contribution < -0.4 is 5.30 Å². The predicted molar refractivity (Wildman–Crippen MR) is 74.4 cm³/mol. The van der Waals surface area contributed by atoms with E-state index in [1.165, 1.54) is 0 Å². The van der Waals surface area contributed by atoms with Crippen molar-refractivity contribution < 1.29 is 0 Å². The van der Waals surface area contributed by atoms with Gasteiger partial charge in [-0.05, 0) is 10.6 Å². The molecule has 78 valence electrons. The normalized spacial score (nSPS) is 14.7. The van der Waals surface area contributed by atoms with Gasteiger partial charge in [0.2, 0.25) is 0 Å². The maximum absolute atomic E-state index is 6.46. The van der Waals surface area contributed by atoms with E-state index in [4.69, 9.17) is 11.2 Å². The standard InChI is InChI=1S/C13H14ClP/c1-4-5-9-12(2)15(3,14)13-10-7-6-8-11-13/h4-11H,1-3H2/b9-5-. The van der Waals surface area contributed by atoms with Crippen molar-refractivity contribution in [3.63, 3.8) is 0 Å². The van der Waals surface area contributed by atoms with Crippen molar-refractivity contribution >= 4 is 29.1 Å². The summed E-state index contributed by atoms with van der Waals surface area (Å²) in [6.45, 7) is 7.57. The molecule has 15 heavy (non-hydrogen) atoms. The van der Waals surface area contributed by atoms with E-state index in [1.807, 2.05) is 42.5 Å². The van der Waals surface area contributed by atoms with E-state index in [0.717, 1.165) is 10.6 Å². The fraction of sp³-hybridized carbons (Fsp3) is 0. The Morgan fingerprint density at radius 2 is 1.87 bits per heavy atom. The average molecular weight is 237 g/mol. The minimum absolute atomic E-state index is 0.857. The summed E-state index contributed by atoms with van der Waals surface area (Å²) in [5, 5.41) is 1.90. The zero-order valence-electron chi connectivity index (χ0n) is 8.57. The fourth-order valence-electron chi connectivity index (χ4n) is 1.13. The predicted octanol–water partition coefficient (Wildman–Crippen LogP) is 4.17. The highest BCUT2D eigenvalue weighted by molar-refractivity contribution is 8.05. The van der Waals surface area contributed by atoms with Gasteiger partial charge in [0, 0.05) is 6.24 Å². The number of benzene rings is 1. The molecule has 0 nitrogen and oxygen atoms in total. The lowest BCUT2D eigenvalue weighted by molar-refractivity contribution is 1.77. The summed E-state index contributed by atoms with van der Waals surface area (Å²) in [6, 6.07) is 9.86. The molecule has 0 spiro atoms. The van der Waals surface area contributed by atoms with Gasteiger partial charge in [0.25, 0.3) is 0 Å². The van der Waals surface area contributed by atoms with Gasteiger partial charge in [-0.1, -0.05) is 79.3 Å². The summed E-state index contributed by atoms with van der Waals surface area (Å²) >= 11 is 6.46. The van der Waals surface area contributed by atoms with E-state index in [1.54, 1.807) is 6.08 Å². The third-order valence-electron chi connectivity index (χ3n) is 2.05. The van der Waals surface area contributed by atoms with Crippen LogP contribution in [0.25, 0.3) is 0 Å². The van der Waals surface area contributed by atoms with Crippen molar-refractivity contribution in [2.75, 3.05) is 0 Å². The highest BCUT2D eigenvalue weighted by Crippen LogP contribution is 2.56. The van der Waals surface area contributed by atoms with Crippen molar-refractivity contribution in [1.82, 2.24) is 0 Å². The molecule has 0 heterocycles. The summed E-state index contributed by atoms with van der Waals surface area (Å²) in [5.41, 5.74) is 0. The molecule has 2 heteroatoms. The maximum atomic E-state index is 6.46. The van der Waals surface area contributed by atoms with Crippen molar-refractivity contribution in [2.24, 2.45) is 0 Å². The Morgan fingerprint density at radius 1 is 1.27 bits per heavy atom. The molecule has 1 rings (SSSR count). The van der Waals surface area contributed by atoms with Gasteiger partial charge in [0.1, 0.15) is 0 Å². The molecule has 0 aliphatic heterocycles. The zero-order chi connectivity index (χ0) is 11.3. The molecule has 0 fully saturated rings. The number of rotatable bonds is 4. The molecular weight excluding hydrogens is 223 g/mol. The second kappa shape index (κ2) is 5.21. The number of halogens is 1. The van der Waals surface area contributed by atoms with E-state index in [9.17, 15) is 0 Å². The fourth-order valence-corrected chi connectivity index (χ4v) is 2.93. The van der Waals surface area contributed by atoms with Crippen molar-refractivity contribution in [2.45, 2.75) is 0 Å². The van der Waals surface area contributed by atoms with E-state index >= 15 is 0 Å². The largest absolute Gasteiger partial charge is 0.0991 e. The molecule has 1 atom stereocenters. The summed E-state index contributed by atoms with van der Waals surface area (Å²) in [4.78, 5) is 0. The molecular formula is C13H14ClP. The van der Waals surface area contributed by atoms with Gasteiger partial charge in [0.05, 0.1) is 0 Å². The molecule has 0 bridgehead atoms. The molecule has 0 N–H and O–H groups in total. The first kappa shape index (κ1) is 12.1. The van der Waals surface area contributed by atoms with Crippen LogP contribution in [-0.2, 0) is 0 Å². The molecule has 0 saturated heterocycles. The van der Waals surface area contributed by atoms with Crippen LogP contribution in [0.1, 0.15) is 0 Å². The Kier molecular flexibility index (Phi) is 4.20. The average Bonchev–Trinajstić information content (AvgIpc) is 2.27. The second-order valence-corrected chi connectivity index (χ2v) is 7.39. The topological polar surface area (TPSA) is 0 Å². The van der Waals surface area contributed by atoms with Gasteiger partial charge < -0.3 is 0 Å². The first-order valence-corrected chi connectivity index (χ1v) is 7.44. The SMILES string of the molecule is C=C/C=C\C(=C)P(=C)(Cl)c1ccccc1. The van der Waals surface area contributed by atoms with E-state index in [0.29, 0.717) is 0 Å². The Hall–Kier alpha value is -0.970. The minimum Gasteiger partial charge on any atom is -0.0991 e. The summed E-state index contributed by atoms with van der Waals surface area (Å²) in [5.74, 6) is 0. The monoisotopic (exact) mass is 236 g/mol. The maximum Gasteiger partial charge on any atom is 0.0263 e. The number of hydrogen-bond acceptors (Lipinski definition) is 0. The third-order valence-corrected chi connectivity index (χ3v) is 5.46. The van der Waals surface area contributed by atoms with Crippen LogP contribution in [0.5, 0.6) is 0 Å². The summed E-state index contributed by atoms with van der Waals surface area (Å²) < 4.78 is 0. The highest BCUT2D eigenvalue weighted by Gasteiger charge is 2.14. The van der Waals surface area contributed by atoms with Crippen LogP contribution in [0.4, 0.5) is 0 Å². The van der Waals surface area contributed by atoms with Crippen LogP contribution in [0.2, 0.25) is 0 Å². The van der Waals surface area contributed by atoms with E-state index in [-0.39, 0.29) is 0 Å². The van der Waals surface area contributed by atoms with Crippen molar-refractivity contribution in [3.8, 4) is 0 Å². The molecule has 0 amide bonds. The van der Waals surface area contributed by atoms with Crippen LogP contribution in [0.15, 0.2) is 67.0 Å². The Labute approximate surface area is 96.4 Å². The zero-order valence-corrected chi connectivity index (χ0v) is 10.2. The molecule has 0 radical (unpaired) electrons. The molecule has 1 aromatic carbocycles. The molecule has 0 aromatic heterocycles. The first-order valence-electron chi connectivity index (χ1n) is 4.56. The lowest BCUT2D eigenvalue weighted by Crippen LogP contribution is -2.00. The minimum atomic E-state index is -2.02. The van der Waals surface area contributed by atoms with E-state index < -0.39 is 6.24 Å². The Bertz CT molecular complexity index is 429. The summed E-state index contributed by atoms with van der Waals surface area (Å²) in [7, 11) is 0. The lowest BCUT2D eigenvalue weighted by atomic mass is 10.4. The van der Waals surface area contributed by atoms with Gasteiger partial charge >= 0.3 is 0 Å². The van der Waals surface area contributed by atoms with Gasteiger partial charge in [-0.25, -0.2) is 0 Å². The van der Waals surface area contributed by atoms with Gasteiger partial charge in [-0.2, -0.15) is 0 Å². The quantitative estimate of drug-likeness (QED) is 0.544. The Morgan fingerprint density at radius 3 is 2.40 bits per heavy atom. The van der Waals surface area contributed by atoms with Crippen LogP contribution in [-0.4, -0.2) is 6.30 Å². The summed E-state index contributed by atoms with van der Waals surface area (Å²) in [6.07, 6.45) is 7.46. The highest BCUT2D eigenvalue weighted by atomic mass is 35.7. The van der Waals surface area contributed by atoms with Crippen LogP contribution >= 0.6 is 17.5 Å². The number of allylic oxidation sites excluding steroid dienone is 4. The molecule has 1 aromatic rings. The molecule has 0 aliphatic carbocycles. The van der Waals surface area contributed by atoms with E-state index in [2.05, 4.69) is 19.5 Å². The molecule has 1 unspecified atom stereocenters. The number of hydrogen-bond donors (Lipinski definition) is 0. The van der Waals surface area contributed by atoms with Gasteiger partial charge in [-0.3, -0.25) is 0 Å². The van der Waals surface area contributed by atoms with Crippen molar-refractivity contribution in [3.05, 3.63) is 67.0 Å². The van der Waals surface area contributed by atoms with Gasteiger partial charge in [-0.15, -0.1) is 0 Å². The molecule has 0 aliphatic rings. The Balaban J connectivity index is 3.03. The first-order chi connectivity index (χ1) is 7.09. The van der Waals surface area contributed by atoms with Crippen molar-refractivity contribution in [1.29, 1.82) is 0 Å². The lowest BCUT2D eigenvalue weighted by Gasteiger charge is -2.17. The smallest absolute Gasteiger partial charge is 0.0263 e. The molecule has 0 saturated carbocycles. The van der Waals surface area contributed by atoms with Crippen LogP contribution in [0.3, 0.4) is 0 Å².